The summed E-state index contributed by atoms with van der Waals surface area (Å²) in [7, 11) is 1.85. The normalized spacial score (nSPS) is 20.3. The van der Waals surface area contributed by atoms with Gasteiger partial charge in [0.25, 0.3) is 0 Å². The topological polar surface area (TPSA) is 41.1 Å². The second-order valence-corrected chi connectivity index (χ2v) is 5.95. The van der Waals surface area contributed by atoms with E-state index in [-0.39, 0.29) is 17.4 Å². The van der Waals surface area contributed by atoms with Gasteiger partial charge in [-0.3, -0.25) is 4.79 Å². The summed E-state index contributed by atoms with van der Waals surface area (Å²) in [5.41, 5.74) is -0.0410. The molecule has 0 aliphatic heterocycles. The molecule has 0 aromatic heterocycles. The summed E-state index contributed by atoms with van der Waals surface area (Å²) in [5, 5.41) is 6.30. The van der Waals surface area contributed by atoms with Gasteiger partial charge in [0.2, 0.25) is 5.91 Å². The van der Waals surface area contributed by atoms with E-state index in [2.05, 4.69) is 38.3 Å². The van der Waals surface area contributed by atoms with Crippen LogP contribution in [-0.2, 0) is 4.79 Å². The van der Waals surface area contributed by atoms with Gasteiger partial charge < -0.3 is 10.6 Å². The highest BCUT2D eigenvalue weighted by atomic mass is 16.2. The van der Waals surface area contributed by atoms with Crippen molar-refractivity contribution in [1.29, 1.82) is 0 Å². The van der Waals surface area contributed by atoms with Gasteiger partial charge in [-0.05, 0) is 37.6 Å². The first-order valence-electron chi connectivity index (χ1n) is 6.37. The summed E-state index contributed by atoms with van der Waals surface area (Å²) < 4.78 is 0. The maximum absolute atomic E-state index is 12.1. The third-order valence-electron chi connectivity index (χ3n) is 3.38. The van der Waals surface area contributed by atoms with Gasteiger partial charge in [0.05, 0.1) is 6.04 Å². The van der Waals surface area contributed by atoms with Crippen molar-refractivity contribution in [2.45, 2.75) is 59.0 Å². The summed E-state index contributed by atoms with van der Waals surface area (Å²) in [6, 6.07) is 0.269. The fourth-order valence-electron chi connectivity index (χ4n) is 2.28. The first kappa shape index (κ1) is 13.5. The Kier molecular flexibility index (Phi) is 4.36. The third kappa shape index (κ3) is 3.48. The van der Waals surface area contributed by atoms with Gasteiger partial charge in [0.1, 0.15) is 0 Å². The Balaban J connectivity index is 2.54. The average Bonchev–Trinajstić information content (AvgIpc) is 2.96. The minimum atomic E-state index is -0.111. The smallest absolute Gasteiger partial charge is 0.237 e. The number of carbonyl (C=O) groups is 1. The molecule has 0 aromatic rings. The number of likely N-dealkylation sites (N-methyl/N-ethyl adjacent to an activating group) is 1. The molecule has 2 unspecified atom stereocenters. The summed E-state index contributed by atoms with van der Waals surface area (Å²) in [5.74, 6) is 0.875. The van der Waals surface area contributed by atoms with Gasteiger partial charge in [-0.1, -0.05) is 27.7 Å². The van der Waals surface area contributed by atoms with E-state index in [0.29, 0.717) is 6.04 Å². The standard InChI is InChI=1S/C13H26N2O/c1-6-10(9-7-8-9)15-12(16)11(14-5)13(2,3)4/h9-11,14H,6-8H2,1-5H3,(H,15,16). The molecule has 0 spiro atoms. The van der Waals surface area contributed by atoms with E-state index >= 15 is 0 Å². The van der Waals surface area contributed by atoms with Crippen LogP contribution in [0.4, 0.5) is 0 Å². The average molecular weight is 226 g/mol. The van der Waals surface area contributed by atoms with Gasteiger partial charge in [-0.2, -0.15) is 0 Å². The fourth-order valence-corrected chi connectivity index (χ4v) is 2.28. The number of hydrogen-bond acceptors (Lipinski definition) is 2. The number of nitrogens with one attached hydrogen (secondary N) is 2. The molecular weight excluding hydrogens is 200 g/mol. The van der Waals surface area contributed by atoms with Crippen molar-refractivity contribution >= 4 is 5.91 Å². The minimum absolute atomic E-state index is 0.0410. The Hall–Kier alpha value is -0.570. The highest BCUT2D eigenvalue weighted by molar-refractivity contribution is 5.82. The number of rotatable bonds is 5. The molecule has 3 heteroatoms. The van der Waals surface area contributed by atoms with E-state index in [1.54, 1.807) is 0 Å². The van der Waals surface area contributed by atoms with E-state index in [0.717, 1.165) is 12.3 Å². The molecule has 1 aliphatic rings. The lowest BCUT2D eigenvalue weighted by Crippen LogP contribution is -2.53. The van der Waals surface area contributed by atoms with Gasteiger partial charge in [0.15, 0.2) is 0 Å². The summed E-state index contributed by atoms with van der Waals surface area (Å²) >= 11 is 0. The highest BCUT2D eigenvalue weighted by Crippen LogP contribution is 2.34. The zero-order chi connectivity index (χ0) is 12.3. The van der Waals surface area contributed by atoms with E-state index < -0.39 is 0 Å². The fraction of sp³-hybridized carbons (Fsp3) is 0.923. The van der Waals surface area contributed by atoms with Crippen molar-refractivity contribution in [3.8, 4) is 0 Å². The zero-order valence-corrected chi connectivity index (χ0v) is 11.3. The molecule has 1 amide bonds. The van der Waals surface area contributed by atoms with E-state index in [1.807, 2.05) is 7.05 Å². The molecule has 0 aromatic carbocycles. The Morgan fingerprint density at radius 3 is 2.25 bits per heavy atom. The molecule has 0 radical (unpaired) electrons. The first-order valence-corrected chi connectivity index (χ1v) is 6.37. The molecule has 0 heterocycles. The van der Waals surface area contributed by atoms with Gasteiger partial charge in [0, 0.05) is 6.04 Å². The molecule has 1 saturated carbocycles. The monoisotopic (exact) mass is 226 g/mol. The van der Waals surface area contributed by atoms with Crippen LogP contribution >= 0.6 is 0 Å². The number of hydrogen-bond donors (Lipinski definition) is 2. The molecular formula is C13H26N2O. The maximum atomic E-state index is 12.1. The molecule has 1 rings (SSSR count). The van der Waals surface area contributed by atoms with Crippen LogP contribution in [0.2, 0.25) is 0 Å². The lowest BCUT2D eigenvalue weighted by molar-refractivity contribution is -0.126. The first-order chi connectivity index (χ1) is 7.40. The van der Waals surface area contributed by atoms with Crippen molar-refractivity contribution in [2.75, 3.05) is 7.05 Å². The second kappa shape index (κ2) is 5.17. The quantitative estimate of drug-likeness (QED) is 0.752. The molecule has 3 nitrogen and oxygen atoms in total. The predicted octanol–water partition coefficient (Wildman–Crippen LogP) is 1.93. The van der Waals surface area contributed by atoms with Crippen molar-refractivity contribution in [3.05, 3.63) is 0 Å². The van der Waals surface area contributed by atoms with Crippen LogP contribution in [0.3, 0.4) is 0 Å². The van der Waals surface area contributed by atoms with Crippen LogP contribution in [0.1, 0.15) is 47.0 Å². The summed E-state index contributed by atoms with van der Waals surface area (Å²) in [6.45, 7) is 8.41. The predicted molar refractivity (Wildman–Crippen MR) is 67.2 cm³/mol. The second-order valence-electron chi connectivity index (χ2n) is 5.95. The van der Waals surface area contributed by atoms with Gasteiger partial charge in [-0.25, -0.2) is 0 Å². The zero-order valence-electron chi connectivity index (χ0n) is 11.3. The van der Waals surface area contributed by atoms with Crippen LogP contribution < -0.4 is 10.6 Å². The molecule has 0 saturated heterocycles. The third-order valence-corrected chi connectivity index (χ3v) is 3.38. The Morgan fingerprint density at radius 2 is 1.94 bits per heavy atom. The van der Waals surface area contributed by atoms with Gasteiger partial charge in [-0.15, -0.1) is 0 Å². The number of carbonyl (C=O) groups excluding carboxylic acids is 1. The van der Waals surface area contributed by atoms with Crippen LogP contribution in [0.5, 0.6) is 0 Å². The van der Waals surface area contributed by atoms with E-state index in [4.69, 9.17) is 0 Å². The molecule has 94 valence electrons. The molecule has 1 fully saturated rings. The molecule has 0 bridgehead atoms. The van der Waals surface area contributed by atoms with Gasteiger partial charge >= 0.3 is 0 Å². The van der Waals surface area contributed by atoms with Crippen molar-refractivity contribution in [1.82, 2.24) is 10.6 Å². The summed E-state index contributed by atoms with van der Waals surface area (Å²) in [6.07, 6.45) is 3.59. The molecule has 2 atom stereocenters. The number of amides is 1. The largest absolute Gasteiger partial charge is 0.352 e. The van der Waals surface area contributed by atoms with Crippen LogP contribution in [0.25, 0.3) is 0 Å². The maximum Gasteiger partial charge on any atom is 0.237 e. The molecule has 16 heavy (non-hydrogen) atoms. The molecule has 2 N–H and O–H groups in total. The van der Waals surface area contributed by atoms with Crippen LogP contribution in [0.15, 0.2) is 0 Å². The van der Waals surface area contributed by atoms with Crippen molar-refractivity contribution < 1.29 is 4.79 Å². The Morgan fingerprint density at radius 1 is 1.38 bits per heavy atom. The summed E-state index contributed by atoms with van der Waals surface area (Å²) in [4.78, 5) is 12.1. The lowest BCUT2D eigenvalue weighted by atomic mass is 9.86. The van der Waals surface area contributed by atoms with Crippen LogP contribution in [0, 0.1) is 11.3 Å². The van der Waals surface area contributed by atoms with Crippen LogP contribution in [-0.4, -0.2) is 25.0 Å². The van der Waals surface area contributed by atoms with E-state index in [9.17, 15) is 4.79 Å². The van der Waals surface area contributed by atoms with Crippen molar-refractivity contribution in [3.63, 3.8) is 0 Å². The Labute approximate surface area is 99.4 Å². The molecule has 1 aliphatic carbocycles. The van der Waals surface area contributed by atoms with E-state index in [1.165, 1.54) is 12.8 Å². The Bertz CT molecular complexity index is 241. The SMILES string of the molecule is CCC(NC(=O)C(NC)C(C)(C)C)C1CC1. The minimum Gasteiger partial charge on any atom is -0.352 e. The lowest BCUT2D eigenvalue weighted by Gasteiger charge is -2.30. The van der Waals surface area contributed by atoms with Crippen molar-refractivity contribution in [2.24, 2.45) is 11.3 Å². The highest BCUT2D eigenvalue weighted by Gasteiger charge is 2.35.